The molecule has 4 aromatic rings. The van der Waals surface area contributed by atoms with Crippen molar-refractivity contribution in [2.24, 2.45) is 0 Å². The Morgan fingerprint density at radius 3 is 2.48 bits per heavy atom. The van der Waals surface area contributed by atoms with E-state index in [9.17, 15) is 9.59 Å². The predicted octanol–water partition coefficient (Wildman–Crippen LogP) is 6.40. The molecule has 0 N–H and O–H groups in total. The van der Waals surface area contributed by atoms with Gasteiger partial charge in [0, 0.05) is 32.7 Å². The second-order valence-electron chi connectivity index (χ2n) is 7.11. The smallest absolute Gasteiger partial charge is 0.338 e. The molecule has 1 aromatic heterocycles. The summed E-state index contributed by atoms with van der Waals surface area (Å²) in [6, 6.07) is 22.0. The molecular weight excluding hydrogens is 432 g/mol. The van der Waals surface area contributed by atoms with Gasteiger partial charge in [-0.05, 0) is 60.5 Å². The molecule has 3 aromatic carbocycles. The summed E-state index contributed by atoms with van der Waals surface area (Å²) in [5.74, 6) is 0.340. The standard InChI is InChI=1S/C25H19ClO4S/c1-16-2-11-22-19(13-24(27)30-23(22)12-16)14-29-25(28)18-5-3-17(4-6-18)15-31-21-9-7-20(26)8-10-21/h2-13H,14-15H2,1H3. The lowest BCUT2D eigenvalue weighted by Gasteiger charge is -2.08. The van der Waals surface area contributed by atoms with Crippen LogP contribution >= 0.6 is 23.4 Å². The first-order valence-electron chi connectivity index (χ1n) is 9.66. The maximum atomic E-state index is 12.5. The number of aryl methyl sites for hydroxylation is 1. The first kappa shape index (κ1) is 21.2. The van der Waals surface area contributed by atoms with Gasteiger partial charge in [0.15, 0.2) is 0 Å². The highest BCUT2D eigenvalue weighted by Gasteiger charge is 2.11. The molecule has 0 amide bonds. The van der Waals surface area contributed by atoms with Gasteiger partial charge in [-0.3, -0.25) is 0 Å². The van der Waals surface area contributed by atoms with Crippen molar-refractivity contribution in [2.75, 3.05) is 0 Å². The summed E-state index contributed by atoms with van der Waals surface area (Å²) in [6.07, 6.45) is 0. The third-order valence-electron chi connectivity index (χ3n) is 4.75. The Morgan fingerprint density at radius 2 is 1.74 bits per heavy atom. The quantitative estimate of drug-likeness (QED) is 0.193. The molecule has 0 aliphatic carbocycles. The van der Waals surface area contributed by atoms with Gasteiger partial charge in [0.2, 0.25) is 0 Å². The molecule has 0 unspecified atom stereocenters. The third-order valence-corrected chi connectivity index (χ3v) is 6.09. The lowest BCUT2D eigenvalue weighted by Crippen LogP contribution is -2.08. The average Bonchev–Trinajstić information content (AvgIpc) is 2.77. The normalized spacial score (nSPS) is 10.9. The summed E-state index contributed by atoms with van der Waals surface area (Å²) >= 11 is 7.60. The number of rotatable bonds is 6. The van der Waals surface area contributed by atoms with E-state index in [1.54, 1.807) is 30.0 Å². The Morgan fingerprint density at radius 1 is 1.00 bits per heavy atom. The molecule has 31 heavy (non-hydrogen) atoms. The van der Waals surface area contributed by atoms with E-state index in [1.165, 1.54) is 6.07 Å². The van der Waals surface area contributed by atoms with Crippen molar-refractivity contribution in [3.63, 3.8) is 0 Å². The number of esters is 1. The first-order chi connectivity index (χ1) is 15.0. The summed E-state index contributed by atoms with van der Waals surface area (Å²) in [4.78, 5) is 25.4. The molecule has 4 rings (SSSR count). The highest BCUT2D eigenvalue weighted by Crippen LogP contribution is 2.25. The van der Waals surface area contributed by atoms with E-state index < -0.39 is 11.6 Å². The predicted molar refractivity (Wildman–Crippen MR) is 124 cm³/mol. The molecule has 0 saturated carbocycles. The minimum atomic E-state index is -0.466. The molecule has 1 heterocycles. The van der Waals surface area contributed by atoms with Crippen LogP contribution in [-0.2, 0) is 17.1 Å². The van der Waals surface area contributed by atoms with Crippen LogP contribution in [0.15, 0.2) is 86.9 Å². The number of benzene rings is 3. The highest BCUT2D eigenvalue weighted by atomic mass is 35.5. The highest BCUT2D eigenvalue weighted by molar-refractivity contribution is 7.98. The third kappa shape index (κ3) is 5.37. The van der Waals surface area contributed by atoms with Gasteiger partial charge in [-0.1, -0.05) is 35.9 Å². The lowest BCUT2D eigenvalue weighted by atomic mass is 10.1. The number of fused-ring (bicyclic) bond motifs is 1. The Kier molecular flexibility index (Phi) is 6.44. The second-order valence-corrected chi connectivity index (χ2v) is 8.59. The van der Waals surface area contributed by atoms with Gasteiger partial charge in [0.25, 0.3) is 0 Å². The minimum Gasteiger partial charge on any atom is -0.457 e. The fourth-order valence-corrected chi connectivity index (χ4v) is 4.10. The van der Waals surface area contributed by atoms with E-state index in [-0.39, 0.29) is 6.61 Å². The van der Waals surface area contributed by atoms with Crippen LogP contribution in [0.5, 0.6) is 0 Å². The number of carbonyl (C=O) groups excluding carboxylic acids is 1. The molecule has 0 radical (unpaired) electrons. The summed E-state index contributed by atoms with van der Waals surface area (Å²) in [5.41, 5.74) is 3.18. The summed E-state index contributed by atoms with van der Waals surface area (Å²) < 4.78 is 10.7. The summed E-state index contributed by atoms with van der Waals surface area (Å²) in [7, 11) is 0. The Bertz CT molecular complexity index is 1280. The van der Waals surface area contributed by atoms with E-state index in [0.717, 1.165) is 27.2 Å². The van der Waals surface area contributed by atoms with E-state index in [1.807, 2.05) is 55.5 Å². The van der Waals surface area contributed by atoms with Crippen molar-refractivity contribution in [1.29, 1.82) is 0 Å². The molecule has 6 heteroatoms. The zero-order chi connectivity index (χ0) is 21.8. The van der Waals surface area contributed by atoms with Crippen molar-refractivity contribution in [3.05, 3.63) is 110 Å². The maximum Gasteiger partial charge on any atom is 0.338 e. The van der Waals surface area contributed by atoms with E-state index in [0.29, 0.717) is 21.7 Å². The van der Waals surface area contributed by atoms with Crippen LogP contribution in [0, 0.1) is 6.92 Å². The molecule has 0 saturated heterocycles. The SMILES string of the molecule is Cc1ccc2c(COC(=O)c3ccc(CSc4ccc(Cl)cc4)cc3)cc(=O)oc2c1. The van der Waals surface area contributed by atoms with Gasteiger partial charge >= 0.3 is 11.6 Å². The number of ether oxygens (including phenoxy) is 1. The van der Waals surface area contributed by atoms with Crippen LogP contribution in [0.4, 0.5) is 0 Å². The van der Waals surface area contributed by atoms with Gasteiger partial charge in [0.05, 0.1) is 5.56 Å². The Hall–Kier alpha value is -3.02. The minimum absolute atomic E-state index is 0.00182. The topological polar surface area (TPSA) is 56.5 Å². The Balaban J connectivity index is 1.39. The van der Waals surface area contributed by atoms with Crippen LogP contribution in [0.2, 0.25) is 5.02 Å². The fraction of sp³-hybridized carbons (Fsp3) is 0.120. The van der Waals surface area contributed by atoms with Gasteiger partial charge in [0.1, 0.15) is 12.2 Å². The van der Waals surface area contributed by atoms with Gasteiger partial charge in [-0.25, -0.2) is 9.59 Å². The molecule has 4 nitrogen and oxygen atoms in total. The largest absolute Gasteiger partial charge is 0.457 e. The van der Waals surface area contributed by atoms with Crippen LogP contribution in [-0.4, -0.2) is 5.97 Å². The molecule has 0 atom stereocenters. The van der Waals surface area contributed by atoms with Gasteiger partial charge in [-0.2, -0.15) is 0 Å². The van der Waals surface area contributed by atoms with Crippen molar-refractivity contribution in [3.8, 4) is 0 Å². The maximum absolute atomic E-state index is 12.5. The second kappa shape index (κ2) is 9.41. The zero-order valence-corrected chi connectivity index (χ0v) is 18.3. The van der Waals surface area contributed by atoms with Crippen LogP contribution in [0.25, 0.3) is 11.0 Å². The number of thioether (sulfide) groups is 1. The van der Waals surface area contributed by atoms with Crippen LogP contribution < -0.4 is 5.63 Å². The zero-order valence-electron chi connectivity index (χ0n) is 16.8. The van der Waals surface area contributed by atoms with E-state index >= 15 is 0 Å². The van der Waals surface area contributed by atoms with Gasteiger partial charge < -0.3 is 9.15 Å². The van der Waals surface area contributed by atoms with Crippen molar-refractivity contribution < 1.29 is 13.9 Å². The summed E-state index contributed by atoms with van der Waals surface area (Å²) in [6.45, 7) is 1.92. The summed E-state index contributed by atoms with van der Waals surface area (Å²) in [5, 5.41) is 1.47. The molecule has 0 aliphatic heterocycles. The average molecular weight is 451 g/mol. The first-order valence-corrected chi connectivity index (χ1v) is 11.0. The molecule has 156 valence electrons. The Labute approximate surface area is 188 Å². The fourth-order valence-electron chi connectivity index (χ4n) is 3.12. The molecule has 0 aliphatic rings. The lowest BCUT2D eigenvalue weighted by molar-refractivity contribution is 0.0474. The number of hydrogen-bond acceptors (Lipinski definition) is 5. The van der Waals surface area contributed by atoms with Crippen molar-refractivity contribution >= 4 is 40.3 Å². The number of halogens is 1. The van der Waals surface area contributed by atoms with E-state index in [4.69, 9.17) is 20.8 Å². The van der Waals surface area contributed by atoms with Crippen LogP contribution in [0.1, 0.15) is 27.0 Å². The molecule has 0 spiro atoms. The van der Waals surface area contributed by atoms with Crippen molar-refractivity contribution in [1.82, 2.24) is 0 Å². The van der Waals surface area contributed by atoms with Crippen LogP contribution in [0.3, 0.4) is 0 Å². The van der Waals surface area contributed by atoms with Gasteiger partial charge in [-0.15, -0.1) is 11.8 Å². The molecule has 0 bridgehead atoms. The molecule has 0 fully saturated rings. The monoisotopic (exact) mass is 450 g/mol. The van der Waals surface area contributed by atoms with Crippen molar-refractivity contribution in [2.45, 2.75) is 24.2 Å². The molecular formula is C25H19ClO4S. The number of hydrogen-bond donors (Lipinski definition) is 0. The van der Waals surface area contributed by atoms with E-state index in [2.05, 4.69) is 0 Å². The number of carbonyl (C=O) groups is 1.